The van der Waals surface area contributed by atoms with Crippen LogP contribution >= 0.6 is 0 Å². The zero-order valence-corrected chi connectivity index (χ0v) is 12.2. The maximum atomic E-state index is 5.34. The van der Waals surface area contributed by atoms with Gasteiger partial charge in [0, 0.05) is 17.8 Å². The van der Waals surface area contributed by atoms with Gasteiger partial charge in [0.25, 0.3) is 0 Å². The van der Waals surface area contributed by atoms with Gasteiger partial charge >= 0.3 is 0 Å². The van der Waals surface area contributed by atoms with Crippen LogP contribution in [-0.4, -0.2) is 33.8 Å². The summed E-state index contributed by atoms with van der Waals surface area (Å²) >= 11 is 0. The van der Waals surface area contributed by atoms with E-state index in [1.165, 1.54) is 0 Å². The van der Waals surface area contributed by atoms with Crippen molar-refractivity contribution >= 4 is 5.65 Å². The predicted octanol–water partition coefficient (Wildman–Crippen LogP) is 2.37. The molecule has 21 heavy (non-hydrogen) atoms. The molecule has 0 radical (unpaired) electrons. The number of methoxy groups -OCH3 is 2. The first-order chi connectivity index (χ1) is 10.3. The van der Waals surface area contributed by atoms with Gasteiger partial charge in [-0.3, -0.25) is 0 Å². The standard InChI is InChI=1S/C15H16N4O2/c1-4-12-13(20-2)9-19-15(18-12)11(8-17-19)10-5-6-16-14(7-10)21-3/h5-9H,4H2,1-3H3. The fraction of sp³-hybridized carbons (Fsp3) is 0.267. The number of hydrogen-bond acceptors (Lipinski definition) is 5. The van der Waals surface area contributed by atoms with Gasteiger partial charge in [0.1, 0.15) is 0 Å². The number of rotatable bonds is 4. The van der Waals surface area contributed by atoms with Crippen LogP contribution in [0, 0.1) is 0 Å². The Kier molecular flexibility index (Phi) is 3.43. The Hall–Kier alpha value is -2.63. The Bertz CT molecular complexity index is 782. The van der Waals surface area contributed by atoms with Gasteiger partial charge in [-0.1, -0.05) is 6.92 Å². The molecule has 6 heteroatoms. The molecule has 0 atom stereocenters. The summed E-state index contributed by atoms with van der Waals surface area (Å²) in [6, 6.07) is 3.78. The van der Waals surface area contributed by atoms with Crippen LogP contribution < -0.4 is 9.47 Å². The minimum absolute atomic E-state index is 0.566. The third kappa shape index (κ3) is 2.29. The minimum Gasteiger partial charge on any atom is -0.493 e. The van der Waals surface area contributed by atoms with Crippen molar-refractivity contribution in [3.05, 3.63) is 36.4 Å². The van der Waals surface area contributed by atoms with Gasteiger partial charge in [-0.15, -0.1) is 0 Å². The normalized spacial score (nSPS) is 10.8. The number of hydrogen-bond donors (Lipinski definition) is 0. The highest BCUT2D eigenvalue weighted by Crippen LogP contribution is 2.27. The average molecular weight is 284 g/mol. The van der Waals surface area contributed by atoms with Crippen molar-refractivity contribution in [2.24, 2.45) is 0 Å². The van der Waals surface area contributed by atoms with Gasteiger partial charge in [0.2, 0.25) is 5.88 Å². The summed E-state index contributed by atoms with van der Waals surface area (Å²) in [4.78, 5) is 8.79. The summed E-state index contributed by atoms with van der Waals surface area (Å²) in [5.74, 6) is 1.31. The first kappa shape index (κ1) is 13.4. The summed E-state index contributed by atoms with van der Waals surface area (Å²) in [5, 5.41) is 4.35. The van der Waals surface area contributed by atoms with E-state index in [0.717, 1.165) is 34.6 Å². The summed E-state index contributed by atoms with van der Waals surface area (Å²) < 4.78 is 12.2. The van der Waals surface area contributed by atoms with Crippen LogP contribution in [0.1, 0.15) is 12.6 Å². The lowest BCUT2D eigenvalue weighted by molar-refractivity contribution is 0.398. The second kappa shape index (κ2) is 5.40. The van der Waals surface area contributed by atoms with E-state index in [1.54, 1.807) is 31.1 Å². The number of aromatic nitrogens is 4. The summed E-state index contributed by atoms with van der Waals surface area (Å²) in [5.41, 5.74) is 3.61. The quantitative estimate of drug-likeness (QED) is 0.736. The first-order valence-electron chi connectivity index (χ1n) is 6.68. The molecule has 3 aromatic rings. The van der Waals surface area contributed by atoms with Crippen LogP contribution in [-0.2, 0) is 6.42 Å². The molecule has 0 bridgehead atoms. The monoisotopic (exact) mass is 284 g/mol. The van der Waals surface area contributed by atoms with Gasteiger partial charge in [0.15, 0.2) is 11.4 Å². The Morgan fingerprint density at radius 2 is 2.10 bits per heavy atom. The molecular formula is C15H16N4O2. The van der Waals surface area contributed by atoms with Crippen LogP contribution in [0.5, 0.6) is 11.6 Å². The van der Waals surface area contributed by atoms with Gasteiger partial charge in [-0.2, -0.15) is 5.10 Å². The molecule has 3 heterocycles. The molecule has 6 nitrogen and oxygen atoms in total. The highest BCUT2D eigenvalue weighted by molar-refractivity contribution is 5.77. The summed E-state index contributed by atoms with van der Waals surface area (Å²) in [6.07, 6.45) is 6.14. The number of aryl methyl sites for hydroxylation is 1. The smallest absolute Gasteiger partial charge is 0.213 e. The molecule has 0 saturated carbocycles. The van der Waals surface area contributed by atoms with Crippen molar-refractivity contribution in [1.29, 1.82) is 0 Å². The fourth-order valence-electron chi connectivity index (χ4n) is 2.25. The first-order valence-corrected chi connectivity index (χ1v) is 6.68. The van der Waals surface area contributed by atoms with Gasteiger partial charge in [-0.25, -0.2) is 14.5 Å². The van der Waals surface area contributed by atoms with E-state index in [4.69, 9.17) is 9.47 Å². The number of pyridine rings is 1. The molecule has 0 fully saturated rings. The summed E-state index contributed by atoms with van der Waals surface area (Å²) in [6.45, 7) is 2.05. The molecular weight excluding hydrogens is 268 g/mol. The maximum Gasteiger partial charge on any atom is 0.213 e. The second-order valence-corrected chi connectivity index (χ2v) is 4.52. The van der Waals surface area contributed by atoms with Crippen molar-refractivity contribution in [3.8, 4) is 22.8 Å². The zero-order chi connectivity index (χ0) is 14.8. The Labute approximate surface area is 122 Å². The molecule has 0 aromatic carbocycles. The number of fused-ring (bicyclic) bond motifs is 1. The van der Waals surface area contributed by atoms with E-state index in [9.17, 15) is 0 Å². The highest BCUT2D eigenvalue weighted by Gasteiger charge is 2.13. The zero-order valence-electron chi connectivity index (χ0n) is 12.2. The lowest BCUT2D eigenvalue weighted by atomic mass is 10.1. The van der Waals surface area contributed by atoms with E-state index < -0.39 is 0 Å². The second-order valence-electron chi connectivity index (χ2n) is 4.52. The largest absolute Gasteiger partial charge is 0.493 e. The Morgan fingerprint density at radius 3 is 2.81 bits per heavy atom. The predicted molar refractivity (Wildman–Crippen MR) is 78.7 cm³/mol. The average Bonchev–Trinajstić information content (AvgIpc) is 2.96. The molecule has 0 N–H and O–H groups in total. The van der Waals surface area contributed by atoms with Gasteiger partial charge in [0.05, 0.1) is 32.3 Å². The molecule has 108 valence electrons. The van der Waals surface area contributed by atoms with E-state index in [-0.39, 0.29) is 0 Å². The molecule has 3 aromatic heterocycles. The molecule has 0 aliphatic heterocycles. The van der Waals surface area contributed by atoms with E-state index in [2.05, 4.69) is 15.1 Å². The number of ether oxygens (including phenoxy) is 2. The molecule has 3 rings (SSSR count). The maximum absolute atomic E-state index is 5.34. The van der Waals surface area contributed by atoms with Crippen molar-refractivity contribution in [2.75, 3.05) is 14.2 Å². The van der Waals surface area contributed by atoms with Crippen LogP contribution in [0.25, 0.3) is 16.8 Å². The minimum atomic E-state index is 0.566. The van der Waals surface area contributed by atoms with Crippen molar-refractivity contribution in [1.82, 2.24) is 19.6 Å². The van der Waals surface area contributed by atoms with Crippen molar-refractivity contribution in [2.45, 2.75) is 13.3 Å². The highest BCUT2D eigenvalue weighted by atomic mass is 16.5. The number of nitrogens with zero attached hydrogens (tertiary/aromatic N) is 4. The summed E-state index contributed by atoms with van der Waals surface area (Å²) in [7, 11) is 3.24. The van der Waals surface area contributed by atoms with Crippen LogP contribution in [0.15, 0.2) is 30.7 Å². The van der Waals surface area contributed by atoms with E-state index in [1.807, 2.05) is 25.3 Å². The van der Waals surface area contributed by atoms with Crippen LogP contribution in [0.4, 0.5) is 0 Å². The van der Waals surface area contributed by atoms with Crippen LogP contribution in [0.2, 0.25) is 0 Å². The van der Waals surface area contributed by atoms with E-state index >= 15 is 0 Å². The lowest BCUT2D eigenvalue weighted by Crippen LogP contribution is -2.00. The van der Waals surface area contributed by atoms with Gasteiger partial charge < -0.3 is 9.47 Å². The SMILES string of the molecule is CCc1nc2c(-c3ccnc(OC)c3)cnn2cc1OC. The Morgan fingerprint density at radius 1 is 1.24 bits per heavy atom. The van der Waals surface area contributed by atoms with Gasteiger partial charge in [-0.05, 0) is 18.1 Å². The van der Waals surface area contributed by atoms with Crippen molar-refractivity contribution < 1.29 is 9.47 Å². The third-order valence-corrected chi connectivity index (χ3v) is 3.34. The lowest BCUT2D eigenvalue weighted by Gasteiger charge is -2.07. The fourth-order valence-corrected chi connectivity index (χ4v) is 2.25. The molecule has 0 aliphatic carbocycles. The molecule has 0 saturated heterocycles. The Balaban J connectivity index is 2.19. The van der Waals surface area contributed by atoms with E-state index in [0.29, 0.717) is 5.88 Å². The molecule has 0 amide bonds. The van der Waals surface area contributed by atoms with Crippen molar-refractivity contribution in [3.63, 3.8) is 0 Å². The van der Waals surface area contributed by atoms with Crippen LogP contribution in [0.3, 0.4) is 0 Å². The molecule has 0 unspecified atom stereocenters. The third-order valence-electron chi connectivity index (χ3n) is 3.34. The molecule has 0 aliphatic rings. The molecule has 0 spiro atoms. The topological polar surface area (TPSA) is 61.5 Å².